The number of para-hydroxylation sites is 1. The predicted molar refractivity (Wildman–Crippen MR) is 136 cm³/mol. The predicted octanol–water partition coefficient (Wildman–Crippen LogP) is 5.61. The molecule has 0 radical (unpaired) electrons. The fourth-order valence-corrected chi connectivity index (χ4v) is 5.04. The molecule has 2 N–H and O–H groups in total. The molecule has 2 heterocycles. The van der Waals surface area contributed by atoms with Crippen LogP contribution < -0.4 is 24.8 Å². The molecule has 2 aliphatic rings. The first kappa shape index (κ1) is 22.8. The van der Waals surface area contributed by atoms with Crippen molar-refractivity contribution in [2.24, 2.45) is 0 Å². The van der Waals surface area contributed by atoms with E-state index in [2.05, 4.69) is 34.9 Å². The molecule has 34 heavy (non-hydrogen) atoms. The van der Waals surface area contributed by atoms with E-state index in [-0.39, 0.29) is 6.79 Å². The fourth-order valence-electron chi connectivity index (χ4n) is 5.04. The molecule has 0 amide bonds. The summed E-state index contributed by atoms with van der Waals surface area (Å²) in [6, 6.07) is 12.6. The van der Waals surface area contributed by atoms with Crippen LogP contribution in [-0.2, 0) is 19.4 Å². The maximum absolute atomic E-state index is 5.51. The summed E-state index contributed by atoms with van der Waals surface area (Å²) in [5, 5.41) is 8.59. The van der Waals surface area contributed by atoms with Gasteiger partial charge in [0.05, 0.1) is 12.6 Å². The van der Waals surface area contributed by atoms with Crippen molar-refractivity contribution in [3.8, 4) is 17.2 Å². The van der Waals surface area contributed by atoms with Crippen LogP contribution in [0.3, 0.4) is 0 Å². The Morgan fingerprint density at radius 3 is 2.74 bits per heavy atom. The minimum absolute atomic E-state index is 0.261. The molecule has 0 fully saturated rings. The molecular weight excluding hydrogens is 426 g/mol. The molecule has 0 unspecified atom stereocenters. The van der Waals surface area contributed by atoms with Gasteiger partial charge in [-0.25, -0.2) is 0 Å². The molecule has 3 aromatic rings. The van der Waals surface area contributed by atoms with Gasteiger partial charge in [0.15, 0.2) is 11.5 Å². The first-order chi connectivity index (χ1) is 16.8. The van der Waals surface area contributed by atoms with E-state index in [9.17, 15) is 0 Å². The van der Waals surface area contributed by atoms with Gasteiger partial charge in [0.2, 0.25) is 12.5 Å². The highest BCUT2D eigenvalue weighted by molar-refractivity contribution is 5.93. The monoisotopic (exact) mass is 461 g/mol. The third-order valence-corrected chi connectivity index (χ3v) is 6.80. The van der Waals surface area contributed by atoms with Crippen molar-refractivity contribution in [3.63, 3.8) is 0 Å². The van der Waals surface area contributed by atoms with Crippen LogP contribution in [0.2, 0.25) is 0 Å². The quantitative estimate of drug-likeness (QED) is 0.362. The van der Waals surface area contributed by atoms with E-state index in [4.69, 9.17) is 19.2 Å². The average molecular weight is 462 g/mol. The maximum atomic E-state index is 5.51. The van der Waals surface area contributed by atoms with Crippen molar-refractivity contribution in [1.29, 1.82) is 0 Å². The zero-order chi connectivity index (χ0) is 23.2. The lowest BCUT2D eigenvalue weighted by molar-refractivity contribution is 0.171. The molecular formula is C28H35N3O3. The highest BCUT2D eigenvalue weighted by Crippen LogP contribution is 2.41. The van der Waals surface area contributed by atoms with Gasteiger partial charge in [-0.2, -0.15) is 0 Å². The smallest absolute Gasteiger partial charge is 0.231 e. The minimum Gasteiger partial charge on any atom is -0.493 e. The van der Waals surface area contributed by atoms with Gasteiger partial charge in [0.25, 0.3) is 0 Å². The molecule has 0 saturated carbocycles. The second-order valence-electron chi connectivity index (χ2n) is 9.19. The van der Waals surface area contributed by atoms with E-state index < -0.39 is 0 Å². The number of ether oxygens (including phenoxy) is 3. The molecule has 0 bridgehead atoms. The third kappa shape index (κ3) is 5.07. The standard InChI is InChI=1S/C28H35N3O3/c1-32-25-16-20(17-26-28(25)34-19-33-26)18-29-14-8-2-3-9-15-30-27-21-10-4-6-12-23(21)31-24-13-7-5-11-22(24)27/h4,6,10,12,16-17,29H,2-3,5,7-9,11,13-15,18-19H2,1H3,(H,30,31). The largest absolute Gasteiger partial charge is 0.493 e. The Morgan fingerprint density at radius 2 is 1.82 bits per heavy atom. The van der Waals surface area contributed by atoms with Gasteiger partial charge >= 0.3 is 0 Å². The van der Waals surface area contributed by atoms with E-state index in [1.165, 1.54) is 60.9 Å². The summed E-state index contributed by atoms with van der Waals surface area (Å²) < 4.78 is 16.4. The summed E-state index contributed by atoms with van der Waals surface area (Å²) in [4.78, 5) is 4.94. The molecule has 5 rings (SSSR count). The van der Waals surface area contributed by atoms with Crippen molar-refractivity contribution >= 4 is 16.6 Å². The Morgan fingerprint density at radius 1 is 0.971 bits per heavy atom. The molecule has 180 valence electrons. The van der Waals surface area contributed by atoms with Crippen molar-refractivity contribution in [2.75, 3.05) is 32.3 Å². The van der Waals surface area contributed by atoms with Gasteiger partial charge < -0.3 is 24.8 Å². The van der Waals surface area contributed by atoms with Crippen LogP contribution in [0.4, 0.5) is 5.69 Å². The van der Waals surface area contributed by atoms with Crippen molar-refractivity contribution in [1.82, 2.24) is 10.3 Å². The van der Waals surface area contributed by atoms with Crippen molar-refractivity contribution < 1.29 is 14.2 Å². The number of nitrogens with one attached hydrogen (secondary N) is 2. The van der Waals surface area contributed by atoms with Crippen LogP contribution in [0.5, 0.6) is 17.2 Å². The first-order valence-electron chi connectivity index (χ1n) is 12.6. The number of aromatic nitrogens is 1. The lowest BCUT2D eigenvalue weighted by Crippen LogP contribution is -2.15. The zero-order valence-corrected chi connectivity index (χ0v) is 20.1. The first-order valence-corrected chi connectivity index (χ1v) is 12.6. The molecule has 0 saturated heterocycles. The third-order valence-electron chi connectivity index (χ3n) is 6.80. The topological polar surface area (TPSA) is 64.6 Å². The lowest BCUT2D eigenvalue weighted by Gasteiger charge is -2.21. The number of fused-ring (bicyclic) bond motifs is 3. The summed E-state index contributed by atoms with van der Waals surface area (Å²) in [5.74, 6) is 2.22. The highest BCUT2D eigenvalue weighted by Gasteiger charge is 2.20. The van der Waals surface area contributed by atoms with Crippen molar-refractivity contribution in [2.45, 2.75) is 57.9 Å². The molecule has 2 aromatic carbocycles. The van der Waals surface area contributed by atoms with E-state index in [0.29, 0.717) is 5.75 Å². The van der Waals surface area contributed by atoms with Gasteiger partial charge in [0.1, 0.15) is 0 Å². The number of benzene rings is 2. The Labute approximate surface area is 202 Å². The Bertz CT molecular complexity index is 1130. The van der Waals surface area contributed by atoms with Crippen LogP contribution in [0.1, 0.15) is 55.3 Å². The van der Waals surface area contributed by atoms with Crippen LogP contribution in [0.15, 0.2) is 36.4 Å². The molecule has 6 nitrogen and oxygen atoms in total. The highest BCUT2D eigenvalue weighted by atomic mass is 16.7. The average Bonchev–Trinajstić information content (AvgIpc) is 3.35. The van der Waals surface area contributed by atoms with E-state index in [1.54, 1.807) is 7.11 Å². The molecule has 1 aromatic heterocycles. The van der Waals surface area contributed by atoms with E-state index in [0.717, 1.165) is 55.1 Å². The molecule has 6 heteroatoms. The van der Waals surface area contributed by atoms with E-state index in [1.807, 2.05) is 12.1 Å². The fraction of sp³-hybridized carbons (Fsp3) is 0.464. The van der Waals surface area contributed by atoms with Crippen LogP contribution >= 0.6 is 0 Å². The number of nitrogens with zero attached hydrogens (tertiary/aromatic N) is 1. The summed E-state index contributed by atoms with van der Waals surface area (Å²) in [5.41, 5.74) is 6.36. The number of methoxy groups -OCH3 is 1. The normalized spacial score (nSPS) is 14.3. The second-order valence-corrected chi connectivity index (χ2v) is 9.19. The number of pyridine rings is 1. The van der Waals surface area contributed by atoms with Gasteiger partial charge in [-0.1, -0.05) is 31.0 Å². The van der Waals surface area contributed by atoms with Gasteiger partial charge in [-0.15, -0.1) is 0 Å². The maximum Gasteiger partial charge on any atom is 0.231 e. The molecule has 1 aliphatic heterocycles. The van der Waals surface area contributed by atoms with Gasteiger partial charge in [-0.05, 0) is 74.4 Å². The van der Waals surface area contributed by atoms with Gasteiger partial charge in [0, 0.05) is 29.9 Å². The van der Waals surface area contributed by atoms with E-state index >= 15 is 0 Å². The SMILES string of the molecule is COc1cc(CNCCCCCCNc2c3c(nc4ccccc24)CCCC3)cc2c1OCO2. The number of hydrogen-bond acceptors (Lipinski definition) is 6. The Balaban J connectivity index is 1.04. The lowest BCUT2D eigenvalue weighted by atomic mass is 9.92. The Kier molecular flexibility index (Phi) is 7.34. The summed E-state index contributed by atoms with van der Waals surface area (Å²) >= 11 is 0. The number of hydrogen-bond donors (Lipinski definition) is 2. The number of unbranched alkanes of at least 4 members (excludes halogenated alkanes) is 3. The van der Waals surface area contributed by atoms with Crippen LogP contribution in [0, 0.1) is 0 Å². The molecule has 0 atom stereocenters. The van der Waals surface area contributed by atoms with Crippen LogP contribution in [0.25, 0.3) is 10.9 Å². The molecule has 1 aliphatic carbocycles. The minimum atomic E-state index is 0.261. The number of rotatable bonds is 11. The van der Waals surface area contributed by atoms with Gasteiger partial charge in [-0.3, -0.25) is 4.98 Å². The Hall–Kier alpha value is -2.99. The summed E-state index contributed by atoms with van der Waals surface area (Å²) in [6.07, 6.45) is 9.62. The van der Waals surface area contributed by atoms with Crippen LogP contribution in [-0.4, -0.2) is 32.0 Å². The van der Waals surface area contributed by atoms with Crippen molar-refractivity contribution in [3.05, 3.63) is 53.2 Å². The second kappa shape index (κ2) is 11.0. The summed E-state index contributed by atoms with van der Waals surface area (Å²) in [7, 11) is 1.66. The number of anilines is 1. The number of aryl methyl sites for hydroxylation is 1. The molecule has 0 spiro atoms. The zero-order valence-electron chi connectivity index (χ0n) is 20.1. The summed E-state index contributed by atoms with van der Waals surface area (Å²) in [6.45, 7) is 3.09.